The highest BCUT2D eigenvalue weighted by molar-refractivity contribution is 9.10. The number of nitrogens with one attached hydrogen (secondary N) is 1. The largest absolute Gasteiger partial charge is 0.326 e. The molecule has 0 saturated heterocycles. The molecule has 1 amide bonds. The molecule has 110 valence electrons. The number of amides is 1. The number of halogens is 2. The second-order valence-electron chi connectivity index (χ2n) is 5.27. The summed E-state index contributed by atoms with van der Waals surface area (Å²) < 4.78 is 0.938. The van der Waals surface area contributed by atoms with Crippen molar-refractivity contribution in [3.05, 3.63) is 63.6 Å². The molecule has 2 rings (SSSR count). The average Bonchev–Trinajstić information content (AvgIpc) is 2.41. The van der Waals surface area contributed by atoms with Crippen molar-refractivity contribution in [3.8, 4) is 0 Å². The van der Waals surface area contributed by atoms with Gasteiger partial charge in [-0.25, -0.2) is 0 Å². The van der Waals surface area contributed by atoms with E-state index >= 15 is 0 Å². The highest BCUT2D eigenvalue weighted by Gasteiger charge is 2.24. The van der Waals surface area contributed by atoms with Gasteiger partial charge in [-0.05, 0) is 41.8 Å². The van der Waals surface area contributed by atoms with Crippen molar-refractivity contribution in [3.63, 3.8) is 0 Å². The molecular formula is C17H17BrClNO. The maximum atomic E-state index is 12.6. The van der Waals surface area contributed by atoms with Crippen LogP contribution in [0.4, 0.5) is 5.69 Å². The Kier molecular flexibility index (Phi) is 5.43. The third-order valence-corrected chi connectivity index (χ3v) is 4.02. The van der Waals surface area contributed by atoms with Gasteiger partial charge in [-0.2, -0.15) is 0 Å². The Morgan fingerprint density at radius 3 is 2.38 bits per heavy atom. The molecule has 0 aliphatic heterocycles. The van der Waals surface area contributed by atoms with E-state index in [0.717, 1.165) is 15.7 Å². The molecule has 2 aromatic rings. The van der Waals surface area contributed by atoms with E-state index in [4.69, 9.17) is 11.6 Å². The Morgan fingerprint density at radius 2 is 1.81 bits per heavy atom. The van der Waals surface area contributed by atoms with Crippen LogP contribution in [0, 0.1) is 5.92 Å². The van der Waals surface area contributed by atoms with Crippen molar-refractivity contribution < 1.29 is 4.79 Å². The van der Waals surface area contributed by atoms with Crippen LogP contribution >= 0.6 is 27.5 Å². The molecule has 1 atom stereocenters. The molecule has 0 spiro atoms. The minimum atomic E-state index is -0.207. The summed E-state index contributed by atoms with van der Waals surface area (Å²) in [6.45, 7) is 4.08. The third kappa shape index (κ3) is 4.32. The molecule has 2 nitrogen and oxygen atoms in total. The van der Waals surface area contributed by atoms with Gasteiger partial charge in [0.2, 0.25) is 5.91 Å². The van der Waals surface area contributed by atoms with Gasteiger partial charge in [-0.3, -0.25) is 4.79 Å². The summed E-state index contributed by atoms with van der Waals surface area (Å²) in [6.07, 6.45) is 0. The van der Waals surface area contributed by atoms with Gasteiger partial charge in [-0.1, -0.05) is 59.6 Å². The Bertz CT molecular complexity index is 625. The number of benzene rings is 2. The zero-order valence-electron chi connectivity index (χ0n) is 11.9. The van der Waals surface area contributed by atoms with Crippen LogP contribution in [0.1, 0.15) is 25.3 Å². The lowest BCUT2D eigenvalue weighted by atomic mass is 9.87. The summed E-state index contributed by atoms with van der Waals surface area (Å²) in [6, 6.07) is 15.0. The fourth-order valence-electron chi connectivity index (χ4n) is 2.30. The zero-order valence-corrected chi connectivity index (χ0v) is 14.3. The van der Waals surface area contributed by atoms with Crippen LogP contribution in [-0.2, 0) is 4.79 Å². The number of rotatable bonds is 4. The molecule has 2 aromatic carbocycles. The molecule has 0 radical (unpaired) electrons. The molecule has 21 heavy (non-hydrogen) atoms. The van der Waals surface area contributed by atoms with Gasteiger partial charge in [0.15, 0.2) is 0 Å². The van der Waals surface area contributed by atoms with E-state index in [-0.39, 0.29) is 17.7 Å². The van der Waals surface area contributed by atoms with Crippen LogP contribution in [0.15, 0.2) is 53.0 Å². The number of carbonyl (C=O) groups excluding carboxylic acids is 1. The summed E-state index contributed by atoms with van der Waals surface area (Å²) in [5, 5.41) is 3.65. The fourth-order valence-corrected chi connectivity index (χ4v) is 2.82. The van der Waals surface area contributed by atoms with Crippen molar-refractivity contribution in [2.24, 2.45) is 5.92 Å². The number of carbonyl (C=O) groups is 1. The number of hydrogen-bond donors (Lipinski definition) is 1. The first-order valence-electron chi connectivity index (χ1n) is 6.79. The monoisotopic (exact) mass is 365 g/mol. The summed E-state index contributed by atoms with van der Waals surface area (Å²) in [5.41, 5.74) is 1.76. The van der Waals surface area contributed by atoms with Crippen LogP contribution in [0.25, 0.3) is 0 Å². The van der Waals surface area contributed by atoms with Gasteiger partial charge in [0.05, 0.1) is 5.92 Å². The van der Waals surface area contributed by atoms with Gasteiger partial charge < -0.3 is 5.32 Å². The predicted molar refractivity (Wildman–Crippen MR) is 91.8 cm³/mol. The van der Waals surface area contributed by atoms with Crippen LogP contribution in [0.2, 0.25) is 5.02 Å². The molecule has 0 heterocycles. The van der Waals surface area contributed by atoms with E-state index in [9.17, 15) is 4.79 Å². The van der Waals surface area contributed by atoms with Gasteiger partial charge >= 0.3 is 0 Å². The molecule has 0 unspecified atom stereocenters. The van der Waals surface area contributed by atoms with Crippen molar-refractivity contribution in [2.45, 2.75) is 19.8 Å². The average molecular weight is 367 g/mol. The molecule has 4 heteroatoms. The zero-order chi connectivity index (χ0) is 15.4. The molecule has 0 saturated carbocycles. The van der Waals surface area contributed by atoms with E-state index in [1.54, 1.807) is 0 Å². The van der Waals surface area contributed by atoms with Crippen molar-refractivity contribution >= 4 is 39.1 Å². The van der Waals surface area contributed by atoms with Gasteiger partial charge in [0.25, 0.3) is 0 Å². The molecule has 0 aliphatic carbocycles. The minimum Gasteiger partial charge on any atom is -0.326 e. The first kappa shape index (κ1) is 16.1. The second kappa shape index (κ2) is 7.10. The van der Waals surface area contributed by atoms with Crippen LogP contribution < -0.4 is 5.32 Å². The van der Waals surface area contributed by atoms with Crippen LogP contribution in [0.5, 0.6) is 0 Å². The molecular weight excluding hydrogens is 350 g/mol. The van der Waals surface area contributed by atoms with E-state index in [1.165, 1.54) is 0 Å². The first-order chi connectivity index (χ1) is 9.97. The normalized spacial score (nSPS) is 12.2. The standard InChI is InChI=1S/C17H17BrClNO/c1-11(2)16(12-6-8-14(19)9-7-12)17(21)20-15-5-3-4-13(18)10-15/h3-11,16H,1-2H3,(H,20,21)/t16-/m0/s1. The van der Waals surface area contributed by atoms with Crippen LogP contribution in [-0.4, -0.2) is 5.91 Å². The summed E-state index contributed by atoms with van der Waals surface area (Å²) in [4.78, 5) is 12.6. The Labute approximate surface area is 138 Å². The number of hydrogen-bond acceptors (Lipinski definition) is 1. The van der Waals surface area contributed by atoms with Crippen molar-refractivity contribution in [1.82, 2.24) is 0 Å². The summed E-state index contributed by atoms with van der Waals surface area (Å²) in [7, 11) is 0. The second-order valence-corrected chi connectivity index (χ2v) is 6.62. The van der Waals surface area contributed by atoms with Gasteiger partial charge in [-0.15, -0.1) is 0 Å². The maximum absolute atomic E-state index is 12.6. The lowest BCUT2D eigenvalue weighted by Crippen LogP contribution is -2.25. The lowest BCUT2D eigenvalue weighted by molar-refractivity contribution is -0.118. The van der Waals surface area contributed by atoms with E-state index in [0.29, 0.717) is 5.02 Å². The third-order valence-electron chi connectivity index (χ3n) is 3.27. The molecule has 1 N–H and O–H groups in total. The smallest absolute Gasteiger partial charge is 0.232 e. The molecule has 0 aliphatic rings. The van der Waals surface area contributed by atoms with Gasteiger partial charge in [0.1, 0.15) is 0 Å². The van der Waals surface area contributed by atoms with Crippen LogP contribution in [0.3, 0.4) is 0 Å². The lowest BCUT2D eigenvalue weighted by Gasteiger charge is -2.21. The highest BCUT2D eigenvalue weighted by Crippen LogP contribution is 2.27. The van der Waals surface area contributed by atoms with Gasteiger partial charge in [0, 0.05) is 15.2 Å². The SMILES string of the molecule is CC(C)[C@H](C(=O)Nc1cccc(Br)c1)c1ccc(Cl)cc1. The molecule has 0 aromatic heterocycles. The van der Waals surface area contributed by atoms with E-state index in [2.05, 4.69) is 21.2 Å². The molecule has 0 bridgehead atoms. The number of anilines is 1. The Morgan fingerprint density at radius 1 is 1.14 bits per heavy atom. The Hall–Kier alpha value is -1.32. The first-order valence-corrected chi connectivity index (χ1v) is 7.96. The fraction of sp³-hybridized carbons (Fsp3) is 0.235. The minimum absolute atomic E-state index is 0.00887. The molecule has 0 fully saturated rings. The maximum Gasteiger partial charge on any atom is 0.232 e. The topological polar surface area (TPSA) is 29.1 Å². The highest BCUT2D eigenvalue weighted by atomic mass is 79.9. The van der Waals surface area contributed by atoms with E-state index in [1.807, 2.05) is 62.4 Å². The van der Waals surface area contributed by atoms with Crippen molar-refractivity contribution in [1.29, 1.82) is 0 Å². The Balaban J connectivity index is 2.22. The van der Waals surface area contributed by atoms with E-state index < -0.39 is 0 Å². The van der Waals surface area contributed by atoms with Crippen molar-refractivity contribution in [2.75, 3.05) is 5.32 Å². The predicted octanol–water partition coefficient (Wildman–Crippen LogP) is 5.48. The quantitative estimate of drug-likeness (QED) is 0.762. The summed E-state index contributed by atoms with van der Waals surface area (Å²) in [5.74, 6) is -0.0231. The summed E-state index contributed by atoms with van der Waals surface area (Å²) >= 11 is 9.32.